The van der Waals surface area contributed by atoms with Crippen molar-refractivity contribution in [3.05, 3.63) is 29.8 Å². The maximum absolute atomic E-state index is 11.9. The summed E-state index contributed by atoms with van der Waals surface area (Å²) >= 11 is 0. The topological polar surface area (TPSA) is 166 Å². The third-order valence-electron chi connectivity index (χ3n) is 3.79. The highest BCUT2D eigenvalue weighted by molar-refractivity contribution is 5.87. The van der Waals surface area contributed by atoms with Crippen molar-refractivity contribution in [2.75, 3.05) is 13.7 Å². The maximum atomic E-state index is 11.9. The summed E-state index contributed by atoms with van der Waals surface area (Å²) in [5, 5.41) is 57.8. The van der Waals surface area contributed by atoms with Crippen molar-refractivity contribution in [3.8, 4) is 11.5 Å². The molecule has 0 bridgehead atoms. The average Bonchev–Trinajstić information content (AvgIpc) is 2.62. The Morgan fingerprint density at radius 2 is 2.00 bits per heavy atom. The lowest BCUT2D eigenvalue weighted by Crippen LogP contribution is -2.66. The van der Waals surface area contributed by atoms with Crippen molar-refractivity contribution in [2.45, 2.75) is 30.4 Å². The molecule has 0 saturated carbocycles. The van der Waals surface area contributed by atoms with E-state index in [9.17, 15) is 30.3 Å². The molecule has 2 rings (SSSR count). The number of carbonyl (C=O) groups excluding carboxylic acids is 1. The van der Waals surface area contributed by atoms with E-state index in [0.29, 0.717) is 5.56 Å². The van der Waals surface area contributed by atoms with Crippen molar-refractivity contribution in [1.29, 1.82) is 0 Å². The van der Waals surface area contributed by atoms with Crippen LogP contribution in [0.5, 0.6) is 11.5 Å². The van der Waals surface area contributed by atoms with Gasteiger partial charge < -0.3 is 44.8 Å². The van der Waals surface area contributed by atoms with Gasteiger partial charge >= 0.3 is 11.9 Å². The van der Waals surface area contributed by atoms with Gasteiger partial charge in [0.15, 0.2) is 17.6 Å². The van der Waals surface area contributed by atoms with E-state index in [4.69, 9.17) is 14.6 Å². The van der Waals surface area contributed by atoms with Crippen LogP contribution < -0.4 is 4.74 Å². The first kappa shape index (κ1) is 20.1. The van der Waals surface area contributed by atoms with Crippen LogP contribution in [0.3, 0.4) is 0 Å². The molecule has 0 radical (unpaired) electrons. The van der Waals surface area contributed by atoms with Gasteiger partial charge in [-0.2, -0.15) is 0 Å². The van der Waals surface area contributed by atoms with E-state index in [0.717, 1.165) is 6.08 Å². The number of rotatable bonds is 5. The van der Waals surface area contributed by atoms with E-state index >= 15 is 0 Å². The van der Waals surface area contributed by atoms with Crippen molar-refractivity contribution < 1.29 is 49.6 Å². The van der Waals surface area contributed by atoms with Gasteiger partial charge in [-0.15, -0.1) is 0 Å². The van der Waals surface area contributed by atoms with E-state index in [1.807, 2.05) is 0 Å². The van der Waals surface area contributed by atoms with Gasteiger partial charge in [0.1, 0.15) is 18.3 Å². The first-order chi connectivity index (χ1) is 12.2. The summed E-state index contributed by atoms with van der Waals surface area (Å²) in [6.07, 6.45) is -5.07. The summed E-state index contributed by atoms with van der Waals surface area (Å²) in [6.45, 7) is -0.798. The molecule has 1 aliphatic heterocycles. The normalized spacial score (nSPS) is 31.8. The quantitative estimate of drug-likeness (QED) is 0.195. The minimum atomic E-state index is -2.96. The molecule has 0 unspecified atom stereocenters. The fourth-order valence-corrected chi connectivity index (χ4v) is 2.35. The number of esters is 1. The van der Waals surface area contributed by atoms with E-state index in [1.165, 1.54) is 31.4 Å². The van der Waals surface area contributed by atoms with Crippen LogP contribution in [-0.4, -0.2) is 80.7 Å². The zero-order valence-electron chi connectivity index (χ0n) is 13.7. The molecular formula is C16H20O10. The predicted molar refractivity (Wildman–Crippen MR) is 84.7 cm³/mol. The Labute approximate surface area is 148 Å². The summed E-state index contributed by atoms with van der Waals surface area (Å²) in [4.78, 5) is 11.9. The molecule has 0 spiro atoms. The number of phenolic OH excluding ortho intramolecular Hbond substituents is 1. The number of hydrogen-bond donors (Lipinski definition) is 6. The third-order valence-corrected chi connectivity index (χ3v) is 3.79. The Morgan fingerprint density at radius 1 is 1.31 bits per heavy atom. The number of aromatic hydroxyl groups is 1. The van der Waals surface area contributed by atoms with Crippen LogP contribution >= 0.6 is 0 Å². The number of ether oxygens (including phenoxy) is 3. The molecular weight excluding hydrogens is 352 g/mol. The minimum Gasteiger partial charge on any atom is -0.504 e. The second kappa shape index (κ2) is 7.99. The molecule has 1 aromatic carbocycles. The van der Waals surface area contributed by atoms with Crippen LogP contribution in [0.25, 0.3) is 6.08 Å². The van der Waals surface area contributed by atoms with E-state index in [-0.39, 0.29) is 11.5 Å². The van der Waals surface area contributed by atoms with Crippen molar-refractivity contribution in [1.82, 2.24) is 0 Å². The molecule has 144 valence electrons. The third kappa shape index (κ3) is 4.12. The van der Waals surface area contributed by atoms with Crippen LogP contribution in [0.1, 0.15) is 5.56 Å². The lowest BCUT2D eigenvalue weighted by atomic mass is 9.98. The smallest absolute Gasteiger partial charge is 0.357 e. The summed E-state index contributed by atoms with van der Waals surface area (Å²) in [6, 6.07) is 4.25. The second-order valence-electron chi connectivity index (χ2n) is 5.58. The number of benzene rings is 1. The Kier molecular flexibility index (Phi) is 6.18. The number of carbonyl (C=O) groups is 1. The number of methoxy groups -OCH3 is 1. The van der Waals surface area contributed by atoms with Gasteiger partial charge in [-0.25, -0.2) is 4.79 Å². The molecule has 1 aromatic rings. The average molecular weight is 372 g/mol. The molecule has 1 aliphatic rings. The number of aliphatic hydroxyl groups is 5. The first-order valence-corrected chi connectivity index (χ1v) is 7.55. The SMILES string of the molecule is COc1cc(C=CC(=O)O[C@@]2(O)O[C@H](CO)[C@H](O)[C@H](O)[C@H]2O)ccc1O. The molecule has 0 aliphatic carbocycles. The highest BCUT2D eigenvalue weighted by Gasteiger charge is 2.55. The number of aliphatic hydroxyl groups excluding tert-OH is 4. The fourth-order valence-electron chi connectivity index (χ4n) is 2.35. The molecule has 6 N–H and O–H groups in total. The molecule has 1 heterocycles. The van der Waals surface area contributed by atoms with E-state index < -0.39 is 43.0 Å². The first-order valence-electron chi connectivity index (χ1n) is 7.55. The predicted octanol–water partition coefficient (Wildman–Crippen LogP) is -1.92. The summed E-state index contributed by atoms with van der Waals surface area (Å²) < 4.78 is 14.4. The zero-order valence-corrected chi connectivity index (χ0v) is 13.7. The Balaban J connectivity index is 2.10. The molecule has 26 heavy (non-hydrogen) atoms. The summed E-state index contributed by atoms with van der Waals surface area (Å²) in [7, 11) is 1.35. The Morgan fingerprint density at radius 3 is 2.62 bits per heavy atom. The van der Waals surface area contributed by atoms with Crippen LogP contribution in [0, 0.1) is 0 Å². The van der Waals surface area contributed by atoms with Crippen molar-refractivity contribution in [2.24, 2.45) is 0 Å². The summed E-state index contributed by atoms with van der Waals surface area (Å²) in [5.74, 6) is -4.02. The lowest BCUT2D eigenvalue weighted by molar-refractivity contribution is -0.433. The van der Waals surface area contributed by atoms with Crippen molar-refractivity contribution >= 4 is 12.0 Å². The fraction of sp³-hybridized carbons (Fsp3) is 0.438. The monoisotopic (exact) mass is 372 g/mol. The van der Waals surface area contributed by atoms with Gasteiger partial charge in [-0.3, -0.25) is 0 Å². The Hall–Kier alpha value is -2.21. The highest BCUT2D eigenvalue weighted by Crippen LogP contribution is 2.30. The minimum absolute atomic E-state index is 0.0946. The van der Waals surface area contributed by atoms with Crippen LogP contribution in [-0.2, 0) is 14.3 Å². The second-order valence-corrected chi connectivity index (χ2v) is 5.58. The molecule has 0 aromatic heterocycles. The highest BCUT2D eigenvalue weighted by atomic mass is 16.8. The van der Waals surface area contributed by atoms with Gasteiger partial charge in [0.2, 0.25) is 0 Å². The Bertz CT molecular complexity index is 673. The van der Waals surface area contributed by atoms with Crippen LogP contribution in [0.4, 0.5) is 0 Å². The van der Waals surface area contributed by atoms with Gasteiger partial charge in [0.25, 0.3) is 0 Å². The molecule has 5 atom stereocenters. The molecule has 0 amide bonds. The molecule has 10 nitrogen and oxygen atoms in total. The van der Waals surface area contributed by atoms with Gasteiger partial charge in [0.05, 0.1) is 13.7 Å². The lowest BCUT2D eigenvalue weighted by Gasteiger charge is -2.43. The van der Waals surface area contributed by atoms with E-state index in [1.54, 1.807) is 0 Å². The van der Waals surface area contributed by atoms with Crippen LogP contribution in [0.15, 0.2) is 24.3 Å². The standard InChI is InChI=1S/C16H20O10/c1-24-10-6-8(2-4-9(10)18)3-5-12(19)26-16(23)15(22)14(21)13(20)11(7-17)25-16/h2-6,11,13-15,17-18,20-23H,7H2,1H3/t11-,13+,14+,15-,16+/m1/s1. The molecule has 1 saturated heterocycles. The molecule has 1 fully saturated rings. The van der Waals surface area contributed by atoms with Gasteiger partial charge in [-0.1, -0.05) is 6.07 Å². The van der Waals surface area contributed by atoms with Crippen molar-refractivity contribution in [3.63, 3.8) is 0 Å². The van der Waals surface area contributed by atoms with E-state index in [2.05, 4.69) is 4.74 Å². The number of hydrogen-bond acceptors (Lipinski definition) is 10. The summed E-state index contributed by atoms with van der Waals surface area (Å²) in [5.41, 5.74) is 0.456. The maximum Gasteiger partial charge on any atom is 0.357 e. The molecule has 10 heteroatoms. The largest absolute Gasteiger partial charge is 0.504 e. The van der Waals surface area contributed by atoms with Gasteiger partial charge in [0, 0.05) is 6.08 Å². The number of phenols is 1. The van der Waals surface area contributed by atoms with Crippen LogP contribution in [0.2, 0.25) is 0 Å². The zero-order chi connectivity index (χ0) is 19.5. The van der Waals surface area contributed by atoms with Gasteiger partial charge in [-0.05, 0) is 23.8 Å².